The number of carboxylic acids is 1. The Bertz CT molecular complexity index is 1020. The van der Waals surface area contributed by atoms with Crippen LogP contribution in [0.15, 0.2) is 42.5 Å². The van der Waals surface area contributed by atoms with Crippen molar-refractivity contribution in [3.05, 3.63) is 65.2 Å². The number of halogens is 1. The first-order valence-electron chi connectivity index (χ1n) is 8.74. The minimum atomic E-state index is -1.27. The number of nitrogens with one attached hydrogen (secondary N) is 1. The number of hydrogen-bond donors (Lipinski definition) is 1. The molecule has 1 heterocycles. The van der Waals surface area contributed by atoms with Gasteiger partial charge in [0.15, 0.2) is 0 Å². The summed E-state index contributed by atoms with van der Waals surface area (Å²) in [5.74, 6) is -0.882. The standard InChI is InChI=1S/C20H18FN3O3/c21-15-6-1-12(2-7-15)11-24-17-8-5-14(20(26)27)9-16(17)23-18(24)10-22-19(25)13-3-4-13/h1-2,5-9,13H,3-4,10-11H2,(H,22,25)(H,26,27)/p-1. The second-order valence-corrected chi connectivity index (χ2v) is 6.72. The summed E-state index contributed by atoms with van der Waals surface area (Å²) >= 11 is 0. The van der Waals surface area contributed by atoms with Gasteiger partial charge in [0, 0.05) is 12.5 Å². The van der Waals surface area contributed by atoms with Crippen molar-refractivity contribution in [2.45, 2.75) is 25.9 Å². The van der Waals surface area contributed by atoms with Gasteiger partial charge in [0.05, 0.1) is 23.5 Å². The first-order chi connectivity index (χ1) is 13.0. The van der Waals surface area contributed by atoms with Gasteiger partial charge < -0.3 is 19.8 Å². The van der Waals surface area contributed by atoms with Gasteiger partial charge in [-0.05, 0) is 48.2 Å². The number of aromatic nitrogens is 2. The number of amides is 1. The fourth-order valence-corrected chi connectivity index (χ4v) is 3.05. The fraction of sp³-hybridized carbons (Fsp3) is 0.250. The van der Waals surface area contributed by atoms with Crippen molar-refractivity contribution in [2.24, 2.45) is 5.92 Å². The molecule has 6 nitrogen and oxygen atoms in total. The van der Waals surface area contributed by atoms with E-state index in [1.165, 1.54) is 24.3 Å². The number of imidazole rings is 1. The SMILES string of the molecule is O=C([O-])c1ccc2c(c1)nc(CNC(=O)C1CC1)n2Cc1ccc(F)cc1. The molecule has 0 aliphatic heterocycles. The third-order valence-electron chi connectivity index (χ3n) is 4.69. The van der Waals surface area contributed by atoms with Gasteiger partial charge in [-0.3, -0.25) is 4.79 Å². The number of hydrogen-bond acceptors (Lipinski definition) is 4. The third-order valence-corrected chi connectivity index (χ3v) is 4.69. The normalized spacial score (nSPS) is 13.7. The zero-order valence-corrected chi connectivity index (χ0v) is 14.4. The van der Waals surface area contributed by atoms with Crippen LogP contribution >= 0.6 is 0 Å². The van der Waals surface area contributed by atoms with Gasteiger partial charge in [0.2, 0.25) is 5.91 Å². The summed E-state index contributed by atoms with van der Waals surface area (Å²) in [6.07, 6.45) is 1.82. The van der Waals surface area contributed by atoms with E-state index in [2.05, 4.69) is 10.3 Å². The zero-order valence-electron chi connectivity index (χ0n) is 14.4. The second-order valence-electron chi connectivity index (χ2n) is 6.72. The molecule has 0 saturated heterocycles. The molecule has 0 radical (unpaired) electrons. The third kappa shape index (κ3) is 3.67. The van der Waals surface area contributed by atoms with Crippen LogP contribution < -0.4 is 10.4 Å². The lowest BCUT2D eigenvalue weighted by atomic mass is 10.2. The summed E-state index contributed by atoms with van der Waals surface area (Å²) < 4.78 is 15.1. The van der Waals surface area contributed by atoms with Crippen molar-refractivity contribution in [1.82, 2.24) is 14.9 Å². The van der Waals surface area contributed by atoms with E-state index in [1.807, 2.05) is 4.57 Å². The molecule has 1 fully saturated rings. The fourth-order valence-electron chi connectivity index (χ4n) is 3.05. The molecule has 1 aromatic heterocycles. The molecule has 1 saturated carbocycles. The summed E-state index contributed by atoms with van der Waals surface area (Å²) in [4.78, 5) is 27.6. The van der Waals surface area contributed by atoms with E-state index in [4.69, 9.17) is 0 Å². The van der Waals surface area contributed by atoms with Gasteiger partial charge in [0.25, 0.3) is 0 Å². The Morgan fingerprint density at radius 2 is 1.93 bits per heavy atom. The molecule has 1 aliphatic rings. The average Bonchev–Trinajstić information content (AvgIpc) is 3.45. The molecule has 0 atom stereocenters. The van der Waals surface area contributed by atoms with Crippen molar-refractivity contribution >= 4 is 22.9 Å². The molecule has 1 N–H and O–H groups in total. The highest BCUT2D eigenvalue weighted by molar-refractivity contribution is 5.91. The highest BCUT2D eigenvalue weighted by atomic mass is 19.1. The van der Waals surface area contributed by atoms with Gasteiger partial charge in [-0.15, -0.1) is 0 Å². The van der Waals surface area contributed by atoms with Crippen molar-refractivity contribution in [3.63, 3.8) is 0 Å². The van der Waals surface area contributed by atoms with Crippen LogP contribution in [0.2, 0.25) is 0 Å². The minimum absolute atomic E-state index is 0.00538. The van der Waals surface area contributed by atoms with Crippen LogP contribution in [0.1, 0.15) is 34.6 Å². The molecule has 7 heteroatoms. The molecule has 1 aliphatic carbocycles. The topological polar surface area (TPSA) is 87.1 Å². The summed E-state index contributed by atoms with van der Waals surface area (Å²) in [5, 5.41) is 14.0. The predicted octanol–water partition coefficient (Wildman–Crippen LogP) is 1.61. The van der Waals surface area contributed by atoms with Crippen molar-refractivity contribution in [2.75, 3.05) is 0 Å². The lowest BCUT2D eigenvalue weighted by molar-refractivity contribution is -0.255. The monoisotopic (exact) mass is 366 g/mol. The molecule has 138 valence electrons. The second kappa shape index (κ2) is 6.83. The largest absolute Gasteiger partial charge is 0.545 e. The van der Waals surface area contributed by atoms with Crippen molar-refractivity contribution in [3.8, 4) is 0 Å². The van der Waals surface area contributed by atoms with Crippen LogP contribution in [-0.4, -0.2) is 21.4 Å². The molecule has 0 bridgehead atoms. The molecular formula is C20H17FN3O3-. The van der Waals surface area contributed by atoms with Crippen molar-refractivity contribution in [1.29, 1.82) is 0 Å². The Balaban J connectivity index is 1.69. The lowest BCUT2D eigenvalue weighted by Gasteiger charge is -2.11. The maximum atomic E-state index is 13.2. The molecule has 27 heavy (non-hydrogen) atoms. The number of carbonyl (C=O) groups is 2. The zero-order chi connectivity index (χ0) is 19.0. The Morgan fingerprint density at radius 3 is 2.59 bits per heavy atom. The van der Waals surface area contributed by atoms with E-state index in [-0.39, 0.29) is 29.8 Å². The number of fused-ring (bicyclic) bond motifs is 1. The van der Waals surface area contributed by atoms with E-state index < -0.39 is 5.97 Å². The Labute approximate surface area is 154 Å². The predicted molar refractivity (Wildman–Crippen MR) is 94.1 cm³/mol. The van der Waals surface area contributed by atoms with E-state index in [9.17, 15) is 19.1 Å². The van der Waals surface area contributed by atoms with Crippen LogP contribution in [0.5, 0.6) is 0 Å². The summed E-state index contributed by atoms with van der Waals surface area (Å²) in [5.41, 5.74) is 2.16. The highest BCUT2D eigenvalue weighted by Crippen LogP contribution is 2.29. The smallest absolute Gasteiger partial charge is 0.223 e. The summed E-state index contributed by atoms with van der Waals surface area (Å²) in [7, 11) is 0. The lowest BCUT2D eigenvalue weighted by Crippen LogP contribution is -2.26. The first-order valence-corrected chi connectivity index (χ1v) is 8.74. The highest BCUT2D eigenvalue weighted by Gasteiger charge is 2.29. The van der Waals surface area contributed by atoms with Crippen LogP contribution in [0.25, 0.3) is 11.0 Å². The number of carbonyl (C=O) groups excluding carboxylic acids is 2. The molecule has 2 aromatic carbocycles. The van der Waals surface area contributed by atoms with E-state index in [0.717, 1.165) is 23.9 Å². The Hall–Kier alpha value is -3.22. The molecule has 1 amide bonds. The number of benzene rings is 2. The molecule has 3 aromatic rings. The summed E-state index contributed by atoms with van der Waals surface area (Å²) in [6.45, 7) is 0.669. The van der Waals surface area contributed by atoms with Crippen molar-refractivity contribution < 1.29 is 19.1 Å². The molecular weight excluding hydrogens is 349 g/mol. The van der Waals surface area contributed by atoms with Gasteiger partial charge >= 0.3 is 0 Å². The van der Waals surface area contributed by atoms with Crippen LogP contribution in [-0.2, 0) is 17.9 Å². The number of carboxylic acid groups (broad SMARTS) is 1. The number of rotatable bonds is 6. The van der Waals surface area contributed by atoms with E-state index in [1.54, 1.807) is 18.2 Å². The number of aromatic carboxylic acids is 1. The van der Waals surface area contributed by atoms with Crippen LogP contribution in [0.3, 0.4) is 0 Å². The van der Waals surface area contributed by atoms with Gasteiger partial charge in [-0.2, -0.15) is 0 Å². The molecule has 0 spiro atoms. The quantitative estimate of drug-likeness (QED) is 0.718. The van der Waals surface area contributed by atoms with Gasteiger partial charge in [-0.1, -0.05) is 18.2 Å². The molecule has 4 rings (SSSR count). The summed E-state index contributed by atoms with van der Waals surface area (Å²) in [6, 6.07) is 10.7. The van der Waals surface area contributed by atoms with Crippen LogP contribution in [0, 0.1) is 11.7 Å². The Morgan fingerprint density at radius 1 is 1.19 bits per heavy atom. The van der Waals surface area contributed by atoms with Gasteiger partial charge in [-0.25, -0.2) is 9.37 Å². The van der Waals surface area contributed by atoms with E-state index in [0.29, 0.717) is 17.9 Å². The van der Waals surface area contributed by atoms with Gasteiger partial charge in [0.1, 0.15) is 11.6 Å². The average molecular weight is 366 g/mol. The maximum absolute atomic E-state index is 13.2. The minimum Gasteiger partial charge on any atom is -0.545 e. The first kappa shape index (κ1) is 17.2. The molecule has 0 unspecified atom stereocenters. The Kier molecular flexibility index (Phi) is 4.35. The number of nitrogens with zero attached hydrogens (tertiary/aromatic N) is 2. The maximum Gasteiger partial charge on any atom is 0.223 e. The van der Waals surface area contributed by atoms with E-state index >= 15 is 0 Å². The van der Waals surface area contributed by atoms with Crippen LogP contribution in [0.4, 0.5) is 4.39 Å².